The van der Waals surface area contributed by atoms with Gasteiger partial charge < -0.3 is 0 Å². The van der Waals surface area contributed by atoms with Crippen LogP contribution in [0.4, 0.5) is 0 Å². The Balaban J connectivity index is 2.23. The predicted octanol–water partition coefficient (Wildman–Crippen LogP) is 2.44. The maximum atomic E-state index is 5.79. The maximum absolute atomic E-state index is 5.79. The number of aryl methyl sites for hydroxylation is 1. The summed E-state index contributed by atoms with van der Waals surface area (Å²) in [4.78, 5) is 8.30. The molecule has 0 fully saturated rings. The third-order valence-electron chi connectivity index (χ3n) is 1.38. The van der Waals surface area contributed by atoms with Gasteiger partial charge in [-0.2, -0.15) is 8.75 Å². The molecule has 0 aliphatic heterocycles. The fourth-order valence-electron chi connectivity index (χ4n) is 0.792. The minimum Gasteiger partial charge on any atom is -0.231 e. The fraction of sp³-hybridized carbons (Fsp3) is 0.143. The van der Waals surface area contributed by atoms with E-state index in [1.54, 1.807) is 6.20 Å². The van der Waals surface area contributed by atoms with Crippen LogP contribution in [0, 0.1) is 6.92 Å². The van der Waals surface area contributed by atoms with Crippen molar-refractivity contribution in [2.45, 2.75) is 17.1 Å². The van der Waals surface area contributed by atoms with Crippen LogP contribution in [0.25, 0.3) is 0 Å². The van der Waals surface area contributed by atoms with Crippen molar-refractivity contribution in [3.8, 4) is 0 Å². The van der Waals surface area contributed by atoms with E-state index in [-0.39, 0.29) is 0 Å². The molecule has 0 aliphatic carbocycles. The van der Waals surface area contributed by atoms with E-state index in [0.717, 1.165) is 17.4 Å². The maximum Gasteiger partial charge on any atom is 0.194 e. The first-order valence-electron chi connectivity index (χ1n) is 3.71. The Hall–Kier alpha value is -0.720. The van der Waals surface area contributed by atoms with E-state index >= 15 is 0 Å². The van der Waals surface area contributed by atoms with Crippen molar-refractivity contribution in [3.05, 3.63) is 23.1 Å². The number of halogens is 1. The molecule has 0 N–H and O–H groups in total. The van der Waals surface area contributed by atoms with Crippen LogP contribution in [-0.4, -0.2) is 18.7 Å². The summed E-state index contributed by atoms with van der Waals surface area (Å²) in [5.74, 6) is 0. The minimum absolute atomic E-state index is 0.408. The molecule has 14 heavy (non-hydrogen) atoms. The van der Waals surface area contributed by atoms with Crippen LogP contribution in [-0.2, 0) is 0 Å². The zero-order valence-corrected chi connectivity index (χ0v) is 9.53. The lowest BCUT2D eigenvalue weighted by Crippen LogP contribution is -1.87. The molecule has 0 amide bonds. The van der Waals surface area contributed by atoms with E-state index in [4.69, 9.17) is 11.6 Å². The molecule has 0 aromatic carbocycles. The van der Waals surface area contributed by atoms with Crippen molar-refractivity contribution in [3.63, 3.8) is 0 Å². The van der Waals surface area contributed by atoms with Crippen LogP contribution in [0.1, 0.15) is 5.69 Å². The molecular formula is C7H5ClN4S2. The van der Waals surface area contributed by atoms with Crippen molar-refractivity contribution in [2.75, 3.05) is 0 Å². The highest BCUT2D eigenvalue weighted by molar-refractivity contribution is 7.99. The zero-order chi connectivity index (χ0) is 9.97. The van der Waals surface area contributed by atoms with Crippen molar-refractivity contribution in [2.24, 2.45) is 0 Å². The fourth-order valence-corrected chi connectivity index (χ4v) is 2.37. The van der Waals surface area contributed by atoms with Gasteiger partial charge in [0, 0.05) is 11.9 Å². The van der Waals surface area contributed by atoms with Gasteiger partial charge >= 0.3 is 0 Å². The molecule has 2 heterocycles. The number of hydrogen-bond acceptors (Lipinski definition) is 6. The van der Waals surface area contributed by atoms with E-state index in [9.17, 15) is 0 Å². The topological polar surface area (TPSA) is 51.6 Å². The van der Waals surface area contributed by atoms with E-state index in [1.807, 2.05) is 13.0 Å². The molecule has 2 aromatic rings. The van der Waals surface area contributed by atoms with Crippen molar-refractivity contribution < 1.29 is 0 Å². The zero-order valence-electron chi connectivity index (χ0n) is 7.14. The van der Waals surface area contributed by atoms with Crippen LogP contribution in [0.2, 0.25) is 5.15 Å². The Morgan fingerprint density at radius 1 is 1.43 bits per heavy atom. The molecule has 0 bridgehead atoms. The molecule has 0 atom stereocenters. The third-order valence-corrected chi connectivity index (χ3v) is 3.36. The lowest BCUT2D eigenvalue weighted by atomic mass is 10.5. The third kappa shape index (κ3) is 2.20. The summed E-state index contributed by atoms with van der Waals surface area (Å²) in [6.45, 7) is 1.91. The molecule has 4 nitrogen and oxygen atoms in total. The highest BCUT2D eigenvalue weighted by Crippen LogP contribution is 2.28. The first kappa shape index (κ1) is 9.82. The lowest BCUT2D eigenvalue weighted by Gasteiger charge is -1.96. The van der Waals surface area contributed by atoms with Gasteiger partial charge in [-0.15, -0.1) is 0 Å². The second kappa shape index (κ2) is 4.20. The summed E-state index contributed by atoms with van der Waals surface area (Å²) in [5.41, 5.74) is 0.918. The van der Waals surface area contributed by atoms with Crippen LogP contribution in [0.5, 0.6) is 0 Å². The second-order valence-electron chi connectivity index (χ2n) is 2.44. The largest absolute Gasteiger partial charge is 0.231 e. The molecule has 0 spiro atoms. The Morgan fingerprint density at radius 2 is 2.29 bits per heavy atom. The second-order valence-corrected chi connectivity index (χ2v) is 4.29. The Kier molecular flexibility index (Phi) is 2.95. The minimum atomic E-state index is 0.408. The van der Waals surface area contributed by atoms with Crippen molar-refractivity contribution in [1.82, 2.24) is 18.7 Å². The molecule has 0 unspecified atom stereocenters. The van der Waals surface area contributed by atoms with Gasteiger partial charge in [-0.1, -0.05) is 11.6 Å². The summed E-state index contributed by atoms with van der Waals surface area (Å²) in [6.07, 6.45) is 1.71. The first-order valence-corrected chi connectivity index (χ1v) is 5.64. The number of hydrogen-bond donors (Lipinski definition) is 0. The van der Waals surface area contributed by atoms with Crippen molar-refractivity contribution in [1.29, 1.82) is 0 Å². The molecule has 7 heteroatoms. The van der Waals surface area contributed by atoms with Gasteiger partial charge in [0.2, 0.25) is 0 Å². The van der Waals surface area contributed by atoms with E-state index in [2.05, 4.69) is 18.7 Å². The monoisotopic (exact) mass is 244 g/mol. The summed E-state index contributed by atoms with van der Waals surface area (Å²) < 4.78 is 7.88. The number of rotatable bonds is 2. The average Bonchev–Trinajstić information content (AvgIpc) is 2.52. The van der Waals surface area contributed by atoms with Gasteiger partial charge in [0.05, 0.1) is 11.7 Å². The van der Waals surface area contributed by atoms with Gasteiger partial charge in [0.25, 0.3) is 0 Å². The Morgan fingerprint density at radius 3 is 2.93 bits per heavy atom. The summed E-state index contributed by atoms with van der Waals surface area (Å²) in [7, 11) is 0. The molecular weight excluding hydrogens is 240 g/mol. The quantitative estimate of drug-likeness (QED) is 0.760. The number of aromatic nitrogens is 4. The molecule has 2 aromatic heterocycles. The van der Waals surface area contributed by atoms with Gasteiger partial charge in [-0.25, -0.2) is 9.97 Å². The van der Waals surface area contributed by atoms with Crippen LogP contribution in [0.3, 0.4) is 0 Å². The molecule has 0 saturated heterocycles. The molecule has 0 saturated carbocycles. The Bertz CT molecular complexity index is 445. The smallest absolute Gasteiger partial charge is 0.194 e. The summed E-state index contributed by atoms with van der Waals surface area (Å²) in [5, 5.41) is 1.70. The van der Waals surface area contributed by atoms with E-state index in [0.29, 0.717) is 15.3 Å². The van der Waals surface area contributed by atoms with E-state index < -0.39 is 0 Å². The van der Waals surface area contributed by atoms with Gasteiger partial charge in [-0.05, 0) is 24.8 Å². The van der Waals surface area contributed by atoms with Gasteiger partial charge in [-0.3, -0.25) is 0 Å². The normalized spacial score (nSPS) is 10.4. The lowest BCUT2D eigenvalue weighted by molar-refractivity contribution is 0.930. The summed E-state index contributed by atoms with van der Waals surface area (Å²) in [6, 6.07) is 1.84. The van der Waals surface area contributed by atoms with Gasteiger partial charge in [0.15, 0.2) is 15.3 Å². The number of nitrogens with zero attached hydrogens (tertiary/aromatic N) is 4. The van der Waals surface area contributed by atoms with Crippen LogP contribution >= 0.6 is 35.1 Å². The average molecular weight is 245 g/mol. The highest BCUT2D eigenvalue weighted by atomic mass is 35.5. The molecule has 2 rings (SSSR count). The highest BCUT2D eigenvalue weighted by Gasteiger charge is 2.08. The summed E-state index contributed by atoms with van der Waals surface area (Å²) >= 11 is 8.19. The first-order chi connectivity index (χ1) is 6.75. The van der Waals surface area contributed by atoms with Gasteiger partial charge in [0.1, 0.15) is 0 Å². The SMILES string of the molecule is Cc1ccnc(Sc2nsnc2Cl)n1. The molecule has 0 radical (unpaired) electrons. The predicted molar refractivity (Wildman–Crippen MR) is 55.8 cm³/mol. The molecule has 72 valence electrons. The standard InChI is InChI=1S/C7H5ClN4S2/c1-4-2-3-9-7(10-4)13-6-5(8)11-14-12-6/h2-3H,1H3. The van der Waals surface area contributed by atoms with Crippen LogP contribution in [0.15, 0.2) is 22.4 Å². The van der Waals surface area contributed by atoms with Crippen LogP contribution < -0.4 is 0 Å². The van der Waals surface area contributed by atoms with E-state index in [1.165, 1.54) is 11.8 Å². The van der Waals surface area contributed by atoms with Crippen molar-refractivity contribution >= 4 is 35.1 Å². The molecule has 0 aliphatic rings. The Labute approximate surface area is 94.1 Å².